The maximum Gasteiger partial charge on any atom is 0.324 e. The SMILES string of the molecule is Cc1ccc(-n2nc(C(C)(C)C)cc2NC(=O)Nc2ccc(C#CCN3CCCCC3)c3ccccc23)cc1. The number of nitrogens with one attached hydrogen (secondary N) is 2. The minimum Gasteiger partial charge on any atom is -0.307 e. The number of rotatable bonds is 4. The monoisotopic (exact) mass is 519 g/mol. The molecular weight excluding hydrogens is 482 g/mol. The molecule has 0 atom stereocenters. The van der Waals surface area contributed by atoms with Gasteiger partial charge in [0, 0.05) is 22.4 Å². The van der Waals surface area contributed by atoms with E-state index in [4.69, 9.17) is 5.10 Å². The molecule has 0 unspecified atom stereocenters. The number of aromatic nitrogens is 2. The van der Waals surface area contributed by atoms with Gasteiger partial charge >= 0.3 is 6.03 Å². The van der Waals surface area contributed by atoms with Crippen LogP contribution in [0.5, 0.6) is 0 Å². The molecular formula is C33H37N5O. The van der Waals surface area contributed by atoms with E-state index in [1.807, 2.05) is 60.7 Å². The molecule has 1 fully saturated rings. The van der Waals surface area contributed by atoms with E-state index in [1.165, 1.54) is 24.8 Å². The smallest absolute Gasteiger partial charge is 0.307 e. The summed E-state index contributed by atoms with van der Waals surface area (Å²) in [5, 5.41) is 12.9. The van der Waals surface area contributed by atoms with Crippen molar-refractivity contribution in [1.82, 2.24) is 14.7 Å². The topological polar surface area (TPSA) is 62.2 Å². The first kappa shape index (κ1) is 26.5. The molecule has 1 saturated heterocycles. The van der Waals surface area contributed by atoms with Crippen molar-refractivity contribution in [1.29, 1.82) is 0 Å². The van der Waals surface area contributed by atoms with Crippen LogP contribution in [-0.2, 0) is 5.41 Å². The number of nitrogens with zero attached hydrogens (tertiary/aromatic N) is 3. The summed E-state index contributed by atoms with van der Waals surface area (Å²) in [6, 6.07) is 21.7. The molecule has 200 valence electrons. The third-order valence-electron chi connectivity index (χ3n) is 7.14. The molecule has 6 nitrogen and oxygen atoms in total. The zero-order chi connectivity index (χ0) is 27.4. The molecule has 0 radical (unpaired) electrons. The van der Waals surface area contributed by atoms with Crippen molar-refractivity contribution >= 4 is 28.3 Å². The minimum atomic E-state index is -0.321. The Bertz CT molecular complexity index is 1530. The van der Waals surface area contributed by atoms with Gasteiger partial charge < -0.3 is 5.32 Å². The number of fused-ring (bicyclic) bond motifs is 1. The lowest BCUT2D eigenvalue weighted by molar-refractivity contribution is 0.255. The summed E-state index contributed by atoms with van der Waals surface area (Å²) in [5.41, 5.74) is 4.51. The maximum atomic E-state index is 13.3. The van der Waals surface area contributed by atoms with Gasteiger partial charge in [-0.15, -0.1) is 0 Å². The van der Waals surface area contributed by atoms with Crippen LogP contribution in [0.3, 0.4) is 0 Å². The fourth-order valence-electron chi connectivity index (χ4n) is 4.87. The molecule has 0 spiro atoms. The highest BCUT2D eigenvalue weighted by atomic mass is 16.2. The molecule has 0 aliphatic carbocycles. The molecule has 1 aromatic heterocycles. The van der Waals surface area contributed by atoms with E-state index < -0.39 is 0 Å². The molecule has 2 N–H and O–H groups in total. The number of piperidine rings is 1. The third kappa shape index (κ3) is 6.32. The molecule has 6 heteroatoms. The third-order valence-corrected chi connectivity index (χ3v) is 7.14. The van der Waals surface area contributed by atoms with Gasteiger partial charge in [0.2, 0.25) is 0 Å². The number of likely N-dealkylation sites (tertiary alicyclic amines) is 1. The van der Waals surface area contributed by atoms with Gasteiger partial charge in [-0.2, -0.15) is 5.10 Å². The lowest BCUT2D eigenvalue weighted by Gasteiger charge is -2.23. The predicted molar refractivity (Wildman–Crippen MR) is 161 cm³/mol. The number of benzene rings is 3. The van der Waals surface area contributed by atoms with E-state index in [2.05, 4.69) is 61.1 Å². The summed E-state index contributed by atoms with van der Waals surface area (Å²) < 4.78 is 1.79. The molecule has 4 aromatic rings. The molecule has 5 rings (SSSR count). The zero-order valence-electron chi connectivity index (χ0n) is 23.3. The maximum absolute atomic E-state index is 13.3. The average Bonchev–Trinajstić information content (AvgIpc) is 3.35. The van der Waals surface area contributed by atoms with Crippen molar-refractivity contribution in [3.05, 3.63) is 83.6 Å². The molecule has 0 bridgehead atoms. The molecule has 2 heterocycles. The highest BCUT2D eigenvalue weighted by Crippen LogP contribution is 2.29. The summed E-state index contributed by atoms with van der Waals surface area (Å²) in [5.74, 6) is 7.35. The van der Waals surface area contributed by atoms with Gasteiger partial charge in [0.1, 0.15) is 5.82 Å². The fourth-order valence-corrected chi connectivity index (χ4v) is 4.87. The van der Waals surface area contributed by atoms with Crippen molar-refractivity contribution in [2.75, 3.05) is 30.3 Å². The highest BCUT2D eigenvalue weighted by molar-refractivity contribution is 6.07. The van der Waals surface area contributed by atoms with Crippen LogP contribution in [-0.4, -0.2) is 40.3 Å². The Balaban J connectivity index is 1.38. The van der Waals surface area contributed by atoms with Crippen LogP contribution >= 0.6 is 0 Å². The molecule has 1 aliphatic rings. The van der Waals surface area contributed by atoms with Crippen LogP contribution < -0.4 is 10.6 Å². The van der Waals surface area contributed by atoms with Crippen molar-refractivity contribution in [3.63, 3.8) is 0 Å². The van der Waals surface area contributed by atoms with Gasteiger partial charge in [-0.25, -0.2) is 9.48 Å². The zero-order valence-corrected chi connectivity index (χ0v) is 23.3. The summed E-state index contributed by atoms with van der Waals surface area (Å²) in [6.45, 7) is 11.4. The van der Waals surface area contributed by atoms with Crippen LogP contribution in [0.25, 0.3) is 16.5 Å². The summed E-state index contributed by atoms with van der Waals surface area (Å²) in [4.78, 5) is 15.7. The van der Waals surface area contributed by atoms with E-state index >= 15 is 0 Å². The van der Waals surface area contributed by atoms with Crippen LogP contribution in [0.15, 0.2) is 66.7 Å². The molecule has 2 amide bonds. The second-order valence-corrected chi connectivity index (χ2v) is 11.3. The number of amides is 2. The summed E-state index contributed by atoms with van der Waals surface area (Å²) in [7, 11) is 0. The van der Waals surface area contributed by atoms with Gasteiger partial charge in [-0.3, -0.25) is 10.2 Å². The van der Waals surface area contributed by atoms with Crippen molar-refractivity contribution in [2.24, 2.45) is 0 Å². The quantitative estimate of drug-likeness (QED) is 0.282. The lowest BCUT2D eigenvalue weighted by Crippen LogP contribution is -2.29. The number of hydrogen-bond acceptors (Lipinski definition) is 3. The number of carbonyl (C=O) groups is 1. The Hall–Kier alpha value is -4.08. The number of carbonyl (C=O) groups excluding carboxylic acids is 1. The minimum absolute atomic E-state index is 0.163. The second-order valence-electron chi connectivity index (χ2n) is 11.3. The summed E-state index contributed by atoms with van der Waals surface area (Å²) >= 11 is 0. The average molecular weight is 520 g/mol. The number of urea groups is 1. The lowest BCUT2D eigenvalue weighted by atomic mass is 9.92. The van der Waals surface area contributed by atoms with E-state index in [-0.39, 0.29) is 11.4 Å². The number of aryl methyl sites for hydroxylation is 1. The van der Waals surface area contributed by atoms with Gasteiger partial charge in [-0.1, -0.05) is 81.0 Å². The predicted octanol–water partition coefficient (Wildman–Crippen LogP) is 7.11. The Kier molecular flexibility index (Phi) is 7.72. The Morgan fingerprint density at radius 2 is 1.64 bits per heavy atom. The van der Waals surface area contributed by atoms with Gasteiger partial charge in [-0.05, 0) is 62.5 Å². The Labute approximate surface area is 231 Å². The van der Waals surface area contributed by atoms with Crippen molar-refractivity contribution in [3.8, 4) is 17.5 Å². The van der Waals surface area contributed by atoms with Gasteiger partial charge in [0.15, 0.2) is 0 Å². The largest absolute Gasteiger partial charge is 0.324 e. The van der Waals surface area contributed by atoms with Crippen LogP contribution in [0.4, 0.5) is 16.3 Å². The second kappa shape index (κ2) is 11.3. The molecule has 39 heavy (non-hydrogen) atoms. The van der Waals surface area contributed by atoms with E-state index in [0.29, 0.717) is 5.82 Å². The molecule has 0 saturated carbocycles. The number of hydrogen-bond donors (Lipinski definition) is 2. The van der Waals surface area contributed by atoms with Gasteiger partial charge in [0.25, 0.3) is 0 Å². The van der Waals surface area contributed by atoms with E-state index in [1.54, 1.807) is 4.68 Å². The van der Waals surface area contributed by atoms with Crippen molar-refractivity contribution in [2.45, 2.75) is 52.4 Å². The molecule has 3 aromatic carbocycles. The summed E-state index contributed by atoms with van der Waals surface area (Å²) in [6.07, 6.45) is 3.84. The Morgan fingerprint density at radius 1 is 0.923 bits per heavy atom. The first-order valence-electron chi connectivity index (χ1n) is 13.8. The van der Waals surface area contributed by atoms with Crippen LogP contribution in [0.1, 0.15) is 56.9 Å². The first-order valence-corrected chi connectivity index (χ1v) is 13.8. The molecule has 1 aliphatic heterocycles. The van der Waals surface area contributed by atoms with Crippen LogP contribution in [0, 0.1) is 18.8 Å². The standard InChI is InChI=1S/C33H37N5O/c1-24-14-17-26(18-15-24)38-31(23-30(36-38)33(2,3)4)35-32(39)34-29-19-16-25(27-12-6-7-13-28(27)29)11-10-22-37-20-8-5-9-21-37/h6-7,12-19,23H,5,8-9,20-22H2,1-4H3,(H2,34,35,39). The number of anilines is 2. The highest BCUT2D eigenvalue weighted by Gasteiger charge is 2.22. The van der Waals surface area contributed by atoms with Gasteiger partial charge in [0.05, 0.1) is 23.6 Å². The van der Waals surface area contributed by atoms with Crippen molar-refractivity contribution < 1.29 is 4.79 Å². The fraction of sp³-hybridized carbons (Fsp3) is 0.333. The Morgan fingerprint density at radius 3 is 2.36 bits per heavy atom. The first-order chi connectivity index (χ1) is 18.8. The van der Waals surface area contributed by atoms with Crippen LogP contribution in [0.2, 0.25) is 0 Å². The normalized spacial score (nSPS) is 14.1. The van der Waals surface area contributed by atoms with E-state index in [9.17, 15) is 4.79 Å². The van der Waals surface area contributed by atoms with E-state index in [0.717, 1.165) is 53.0 Å².